The Morgan fingerprint density at radius 1 is 1.05 bits per heavy atom. The van der Waals surface area contributed by atoms with E-state index >= 15 is 0 Å². The molecular weight excluding hydrogens is 244 g/mol. The predicted molar refractivity (Wildman–Crippen MR) is 71.8 cm³/mol. The first-order chi connectivity index (χ1) is 9.08. The second kappa shape index (κ2) is 5.36. The highest BCUT2D eigenvalue weighted by molar-refractivity contribution is 5.49. The van der Waals surface area contributed by atoms with E-state index in [4.69, 9.17) is 13.9 Å². The average Bonchev–Trinajstić information content (AvgIpc) is 2.83. The number of hydrogen-bond donors (Lipinski definition) is 1. The second-order valence-electron chi connectivity index (χ2n) is 4.40. The van der Waals surface area contributed by atoms with Crippen LogP contribution in [-0.4, -0.2) is 19.3 Å². The van der Waals surface area contributed by atoms with Gasteiger partial charge in [0.15, 0.2) is 11.5 Å². The predicted octanol–water partition coefficient (Wildman–Crippen LogP) is 3.00. The number of aryl methyl sites for hydroxylation is 2. The number of aliphatic hydroxyl groups is 1. The number of aliphatic hydroxyl groups excluding tert-OH is 1. The van der Waals surface area contributed by atoms with E-state index in [1.54, 1.807) is 32.6 Å². The molecule has 0 aliphatic heterocycles. The van der Waals surface area contributed by atoms with Gasteiger partial charge in [0, 0.05) is 5.56 Å². The van der Waals surface area contributed by atoms with E-state index in [0.717, 1.165) is 16.7 Å². The summed E-state index contributed by atoms with van der Waals surface area (Å²) in [7, 11) is 3.17. The smallest absolute Gasteiger partial charge is 0.161 e. The first kappa shape index (κ1) is 13.5. The second-order valence-corrected chi connectivity index (χ2v) is 4.40. The van der Waals surface area contributed by atoms with Crippen molar-refractivity contribution < 1.29 is 19.0 Å². The molecule has 2 rings (SSSR count). The molecule has 0 saturated carbocycles. The summed E-state index contributed by atoms with van der Waals surface area (Å²) in [5.74, 6) is 1.96. The fourth-order valence-electron chi connectivity index (χ4n) is 2.14. The van der Waals surface area contributed by atoms with Gasteiger partial charge < -0.3 is 19.0 Å². The largest absolute Gasteiger partial charge is 0.493 e. The lowest BCUT2D eigenvalue weighted by Crippen LogP contribution is -2.04. The summed E-state index contributed by atoms with van der Waals surface area (Å²) in [6, 6.07) is 5.42. The molecule has 2 aromatic rings. The average molecular weight is 262 g/mol. The number of furan rings is 1. The molecule has 0 radical (unpaired) electrons. The Balaban J connectivity index is 2.48. The van der Waals surface area contributed by atoms with Crippen molar-refractivity contribution in [1.82, 2.24) is 0 Å². The topological polar surface area (TPSA) is 51.8 Å². The molecule has 19 heavy (non-hydrogen) atoms. The molecule has 0 amide bonds. The molecule has 102 valence electrons. The van der Waals surface area contributed by atoms with Crippen LogP contribution in [0, 0.1) is 13.8 Å². The molecule has 0 bridgehead atoms. The van der Waals surface area contributed by atoms with Gasteiger partial charge in [0.1, 0.15) is 11.9 Å². The highest BCUT2D eigenvalue weighted by Crippen LogP contribution is 2.35. The van der Waals surface area contributed by atoms with E-state index < -0.39 is 6.10 Å². The zero-order valence-electron chi connectivity index (χ0n) is 11.6. The summed E-state index contributed by atoms with van der Waals surface area (Å²) in [5, 5.41) is 10.5. The van der Waals surface area contributed by atoms with E-state index in [0.29, 0.717) is 17.3 Å². The SMILES string of the molecule is COc1cc(C)c(C(O)c2ccoc2C)cc1OC. The quantitative estimate of drug-likeness (QED) is 0.920. The van der Waals surface area contributed by atoms with E-state index in [9.17, 15) is 5.11 Å². The molecule has 4 heteroatoms. The van der Waals surface area contributed by atoms with Gasteiger partial charge in [-0.25, -0.2) is 0 Å². The van der Waals surface area contributed by atoms with E-state index in [-0.39, 0.29) is 0 Å². The van der Waals surface area contributed by atoms with Crippen molar-refractivity contribution in [3.05, 3.63) is 46.9 Å². The van der Waals surface area contributed by atoms with Crippen LogP contribution in [0.15, 0.2) is 28.9 Å². The maximum absolute atomic E-state index is 10.5. The molecule has 1 aromatic heterocycles. The maximum Gasteiger partial charge on any atom is 0.161 e. The van der Waals surface area contributed by atoms with Crippen LogP contribution in [-0.2, 0) is 0 Å². The zero-order chi connectivity index (χ0) is 14.0. The molecule has 1 N–H and O–H groups in total. The van der Waals surface area contributed by atoms with E-state index in [1.165, 1.54) is 0 Å². The number of benzene rings is 1. The van der Waals surface area contributed by atoms with Crippen LogP contribution < -0.4 is 9.47 Å². The number of hydrogen-bond acceptors (Lipinski definition) is 4. The van der Waals surface area contributed by atoms with Crippen molar-refractivity contribution in [2.75, 3.05) is 14.2 Å². The summed E-state index contributed by atoms with van der Waals surface area (Å²) in [6.45, 7) is 3.75. The van der Waals surface area contributed by atoms with Gasteiger partial charge in [0.05, 0.1) is 20.5 Å². The van der Waals surface area contributed by atoms with Gasteiger partial charge >= 0.3 is 0 Å². The molecule has 1 unspecified atom stereocenters. The van der Waals surface area contributed by atoms with Crippen molar-refractivity contribution in [3.63, 3.8) is 0 Å². The van der Waals surface area contributed by atoms with Crippen molar-refractivity contribution in [1.29, 1.82) is 0 Å². The summed E-state index contributed by atoms with van der Waals surface area (Å²) in [5.41, 5.74) is 2.48. The summed E-state index contributed by atoms with van der Waals surface area (Å²) in [4.78, 5) is 0. The molecule has 4 nitrogen and oxygen atoms in total. The summed E-state index contributed by atoms with van der Waals surface area (Å²) >= 11 is 0. The van der Waals surface area contributed by atoms with Gasteiger partial charge in [-0.2, -0.15) is 0 Å². The Morgan fingerprint density at radius 3 is 2.21 bits per heavy atom. The molecule has 0 spiro atoms. The van der Waals surface area contributed by atoms with Crippen LogP contribution >= 0.6 is 0 Å². The molecular formula is C15H18O4. The Bertz CT molecular complexity index is 572. The van der Waals surface area contributed by atoms with Crippen LogP contribution in [0.3, 0.4) is 0 Å². The third-order valence-corrected chi connectivity index (χ3v) is 3.26. The maximum atomic E-state index is 10.5. The van der Waals surface area contributed by atoms with Crippen LogP contribution in [0.25, 0.3) is 0 Å². The lowest BCUT2D eigenvalue weighted by atomic mass is 9.97. The fourth-order valence-corrected chi connectivity index (χ4v) is 2.14. The van der Waals surface area contributed by atoms with Gasteiger partial charge in [0.25, 0.3) is 0 Å². The molecule has 1 heterocycles. The zero-order valence-corrected chi connectivity index (χ0v) is 11.6. The number of ether oxygens (including phenoxy) is 2. The van der Waals surface area contributed by atoms with Crippen molar-refractivity contribution in [2.45, 2.75) is 20.0 Å². The van der Waals surface area contributed by atoms with Crippen LogP contribution in [0.4, 0.5) is 0 Å². The number of rotatable bonds is 4. The van der Waals surface area contributed by atoms with Gasteiger partial charge in [-0.1, -0.05) is 0 Å². The third kappa shape index (κ3) is 2.44. The Kier molecular flexibility index (Phi) is 3.81. The Labute approximate surface area is 112 Å². The molecule has 0 fully saturated rings. The van der Waals surface area contributed by atoms with Crippen LogP contribution in [0.2, 0.25) is 0 Å². The van der Waals surface area contributed by atoms with Crippen LogP contribution in [0.1, 0.15) is 28.6 Å². The van der Waals surface area contributed by atoms with Crippen molar-refractivity contribution in [3.8, 4) is 11.5 Å². The normalized spacial score (nSPS) is 12.3. The minimum Gasteiger partial charge on any atom is -0.493 e. The highest BCUT2D eigenvalue weighted by atomic mass is 16.5. The molecule has 1 atom stereocenters. The van der Waals surface area contributed by atoms with Gasteiger partial charge in [-0.15, -0.1) is 0 Å². The van der Waals surface area contributed by atoms with Crippen LogP contribution in [0.5, 0.6) is 11.5 Å². The standard InChI is InChI=1S/C15H18O4/c1-9-7-13(17-3)14(18-4)8-12(9)15(16)11-5-6-19-10(11)2/h5-8,15-16H,1-4H3. The first-order valence-electron chi connectivity index (χ1n) is 6.03. The lowest BCUT2D eigenvalue weighted by Gasteiger charge is -2.16. The lowest BCUT2D eigenvalue weighted by molar-refractivity contribution is 0.216. The minimum atomic E-state index is -0.737. The van der Waals surface area contributed by atoms with Crippen molar-refractivity contribution in [2.24, 2.45) is 0 Å². The number of methoxy groups -OCH3 is 2. The first-order valence-corrected chi connectivity index (χ1v) is 6.03. The van der Waals surface area contributed by atoms with Gasteiger partial charge in [-0.05, 0) is 43.2 Å². The minimum absolute atomic E-state index is 0.600. The third-order valence-electron chi connectivity index (χ3n) is 3.26. The van der Waals surface area contributed by atoms with Gasteiger partial charge in [0.2, 0.25) is 0 Å². The summed E-state index contributed by atoms with van der Waals surface area (Å²) in [6.07, 6.45) is 0.836. The van der Waals surface area contributed by atoms with E-state index in [2.05, 4.69) is 0 Å². The fraction of sp³-hybridized carbons (Fsp3) is 0.333. The Hall–Kier alpha value is -1.94. The van der Waals surface area contributed by atoms with Gasteiger partial charge in [-0.3, -0.25) is 0 Å². The monoisotopic (exact) mass is 262 g/mol. The molecule has 0 aliphatic carbocycles. The highest BCUT2D eigenvalue weighted by Gasteiger charge is 2.19. The van der Waals surface area contributed by atoms with Crippen molar-refractivity contribution >= 4 is 0 Å². The Morgan fingerprint density at radius 2 is 1.68 bits per heavy atom. The molecule has 1 aromatic carbocycles. The summed E-state index contributed by atoms with van der Waals surface area (Å²) < 4.78 is 15.7. The van der Waals surface area contributed by atoms with E-state index in [1.807, 2.05) is 19.9 Å². The molecule has 0 aliphatic rings. The molecule has 0 saturated heterocycles.